The van der Waals surface area contributed by atoms with Crippen molar-refractivity contribution in [2.24, 2.45) is 0 Å². The van der Waals surface area contributed by atoms with E-state index in [1.807, 2.05) is 22.8 Å². The van der Waals surface area contributed by atoms with Crippen LogP contribution in [0.25, 0.3) is 16.9 Å². The Morgan fingerprint density at radius 1 is 1.36 bits per heavy atom. The molecule has 6 heteroatoms. The molecular weight excluding hydrogens is 296 g/mol. The molecule has 1 unspecified atom stereocenters. The minimum atomic E-state index is 0.234. The Kier molecular flexibility index (Phi) is 3.56. The summed E-state index contributed by atoms with van der Waals surface area (Å²) >= 11 is 1.67. The quantitative estimate of drug-likeness (QED) is 0.742. The number of fused-ring (bicyclic) bond motifs is 1. The summed E-state index contributed by atoms with van der Waals surface area (Å²) in [7, 11) is 0. The molecule has 22 heavy (non-hydrogen) atoms. The molecule has 0 radical (unpaired) electrons. The first-order chi connectivity index (χ1) is 10.8. The number of likely N-dealkylation sites (tertiary alicyclic amines) is 1. The monoisotopic (exact) mass is 314 g/mol. The number of ether oxygens (including phenoxy) is 1. The van der Waals surface area contributed by atoms with Crippen LogP contribution in [0, 0.1) is 0 Å². The molecule has 0 amide bonds. The summed E-state index contributed by atoms with van der Waals surface area (Å²) in [6.07, 6.45) is 3.16. The molecule has 1 aliphatic rings. The van der Waals surface area contributed by atoms with Crippen molar-refractivity contribution >= 4 is 17.0 Å². The second-order valence-electron chi connectivity index (χ2n) is 5.52. The van der Waals surface area contributed by atoms with Crippen molar-refractivity contribution in [3.63, 3.8) is 0 Å². The fourth-order valence-electron chi connectivity index (χ4n) is 2.88. The summed E-state index contributed by atoms with van der Waals surface area (Å²) in [5.41, 5.74) is 2.98. The third-order valence-corrected chi connectivity index (χ3v) is 4.80. The summed E-state index contributed by atoms with van der Waals surface area (Å²) in [6, 6.07) is 5.96. The molecule has 0 bridgehead atoms. The van der Waals surface area contributed by atoms with E-state index in [1.165, 1.54) is 0 Å². The zero-order valence-electron chi connectivity index (χ0n) is 12.5. The Morgan fingerprint density at radius 2 is 2.32 bits per heavy atom. The third-order valence-electron chi connectivity index (χ3n) is 4.12. The molecule has 3 aromatic rings. The lowest BCUT2D eigenvalue weighted by atomic mass is 10.3. The van der Waals surface area contributed by atoms with E-state index in [9.17, 15) is 0 Å². The highest BCUT2D eigenvalue weighted by atomic mass is 32.1. The highest BCUT2D eigenvalue weighted by Crippen LogP contribution is 2.24. The smallest absolute Gasteiger partial charge is 0.232 e. The molecule has 1 aliphatic heterocycles. The molecule has 0 N–H and O–H groups in total. The Labute approximate surface area is 133 Å². The van der Waals surface area contributed by atoms with Gasteiger partial charge in [0.15, 0.2) is 5.65 Å². The van der Waals surface area contributed by atoms with Crippen LogP contribution in [-0.2, 0) is 0 Å². The fraction of sp³-hybridized carbons (Fsp3) is 0.375. The van der Waals surface area contributed by atoms with Crippen LogP contribution in [0.15, 0.2) is 35.2 Å². The summed E-state index contributed by atoms with van der Waals surface area (Å²) in [6.45, 7) is 5.35. The molecule has 3 aromatic heterocycles. The third kappa shape index (κ3) is 2.48. The average molecular weight is 314 g/mol. The maximum Gasteiger partial charge on any atom is 0.232 e. The first-order valence-electron chi connectivity index (χ1n) is 7.60. The van der Waals surface area contributed by atoms with Gasteiger partial charge in [0.1, 0.15) is 6.10 Å². The second kappa shape index (κ2) is 5.70. The molecule has 1 saturated heterocycles. The number of aromatic nitrogens is 3. The van der Waals surface area contributed by atoms with Gasteiger partial charge in [-0.1, -0.05) is 6.92 Å². The minimum absolute atomic E-state index is 0.234. The Bertz CT molecular complexity index is 768. The van der Waals surface area contributed by atoms with Crippen molar-refractivity contribution < 1.29 is 4.74 Å². The summed E-state index contributed by atoms with van der Waals surface area (Å²) < 4.78 is 7.92. The van der Waals surface area contributed by atoms with Crippen LogP contribution in [0.2, 0.25) is 0 Å². The molecule has 114 valence electrons. The maximum absolute atomic E-state index is 6.06. The molecule has 0 spiro atoms. The van der Waals surface area contributed by atoms with E-state index >= 15 is 0 Å². The lowest BCUT2D eigenvalue weighted by molar-refractivity contribution is 0.192. The summed E-state index contributed by atoms with van der Waals surface area (Å²) in [4.78, 5) is 6.81. The normalized spacial score (nSPS) is 19.0. The number of hydrogen-bond acceptors (Lipinski definition) is 5. The number of rotatable bonds is 4. The van der Waals surface area contributed by atoms with E-state index in [4.69, 9.17) is 4.74 Å². The van der Waals surface area contributed by atoms with Crippen LogP contribution in [0.3, 0.4) is 0 Å². The van der Waals surface area contributed by atoms with Crippen molar-refractivity contribution in [1.29, 1.82) is 0 Å². The van der Waals surface area contributed by atoms with Gasteiger partial charge in [0, 0.05) is 30.1 Å². The van der Waals surface area contributed by atoms with E-state index in [0.717, 1.165) is 43.0 Å². The zero-order valence-corrected chi connectivity index (χ0v) is 13.3. The molecule has 1 fully saturated rings. The molecule has 0 aromatic carbocycles. The van der Waals surface area contributed by atoms with Gasteiger partial charge in [0.2, 0.25) is 5.88 Å². The van der Waals surface area contributed by atoms with Crippen LogP contribution >= 0.6 is 11.3 Å². The van der Waals surface area contributed by atoms with Gasteiger partial charge in [-0.2, -0.15) is 11.3 Å². The van der Waals surface area contributed by atoms with Crippen LogP contribution in [0.1, 0.15) is 13.3 Å². The average Bonchev–Trinajstić information content (AvgIpc) is 3.27. The SMILES string of the molecule is CCN1CCC(Oc2ccc3ncc(-c4ccsc4)n3n2)C1. The first kappa shape index (κ1) is 13.7. The number of hydrogen-bond donors (Lipinski definition) is 0. The number of imidazole rings is 1. The predicted octanol–water partition coefficient (Wildman–Crippen LogP) is 2.93. The van der Waals surface area contributed by atoms with Crippen molar-refractivity contribution in [3.8, 4) is 17.1 Å². The van der Waals surface area contributed by atoms with E-state index in [-0.39, 0.29) is 6.10 Å². The number of nitrogens with zero attached hydrogens (tertiary/aromatic N) is 4. The van der Waals surface area contributed by atoms with Gasteiger partial charge in [-0.3, -0.25) is 4.90 Å². The lowest BCUT2D eigenvalue weighted by Crippen LogP contribution is -2.24. The zero-order chi connectivity index (χ0) is 14.9. The van der Waals surface area contributed by atoms with Gasteiger partial charge in [0.25, 0.3) is 0 Å². The van der Waals surface area contributed by atoms with Gasteiger partial charge < -0.3 is 4.74 Å². The van der Waals surface area contributed by atoms with Crippen LogP contribution < -0.4 is 4.74 Å². The van der Waals surface area contributed by atoms with Crippen molar-refractivity contribution in [2.45, 2.75) is 19.4 Å². The highest BCUT2D eigenvalue weighted by molar-refractivity contribution is 7.08. The van der Waals surface area contributed by atoms with Gasteiger partial charge in [-0.15, -0.1) is 5.10 Å². The van der Waals surface area contributed by atoms with Crippen molar-refractivity contribution in [1.82, 2.24) is 19.5 Å². The summed E-state index contributed by atoms with van der Waals surface area (Å²) in [5.74, 6) is 0.671. The minimum Gasteiger partial charge on any atom is -0.472 e. The Morgan fingerprint density at radius 3 is 3.09 bits per heavy atom. The topological polar surface area (TPSA) is 42.7 Å². The Hall–Kier alpha value is -1.92. The van der Waals surface area contributed by atoms with E-state index in [1.54, 1.807) is 11.3 Å². The first-order valence-corrected chi connectivity index (χ1v) is 8.54. The summed E-state index contributed by atoms with van der Waals surface area (Å²) in [5, 5.41) is 8.79. The van der Waals surface area contributed by atoms with Crippen molar-refractivity contribution in [3.05, 3.63) is 35.2 Å². The van der Waals surface area contributed by atoms with E-state index in [0.29, 0.717) is 5.88 Å². The highest BCUT2D eigenvalue weighted by Gasteiger charge is 2.23. The molecule has 0 aliphatic carbocycles. The van der Waals surface area contributed by atoms with Gasteiger partial charge >= 0.3 is 0 Å². The van der Waals surface area contributed by atoms with E-state index < -0.39 is 0 Å². The molecule has 0 saturated carbocycles. The predicted molar refractivity (Wildman–Crippen MR) is 87.4 cm³/mol. The standard InChI is InChI=1S/C16H18N4OS/c1-2-19-7-5-13(10-19)21-16-4-3-15-17-9-14(20(15)18-16)12-6-8-22-11-12/h3-4,6,8-9,11,13H,2,5,7,10H2,1H3. The van der Waals surface area contributed by atoms with Crippen molar-refractivity contribution in [2.75, 3.05) is 19.6 Å². The maximum atomic E-state index is 6.06. The lowest BCUT2D eigenvalue weighted by Gasteiger charge is -2.14. The molecule has 4 heterocycles. The number of thiophene rings is 1. The van der Waals surface area contributed by atoms with Gasteiger partial charge in [0.05, 0.1) is 11.9 Å². The molecule has 1 atom stereocenters. The van der Waals surface area contributed by atoms with Crippen LogP contribution in [-0.4, -0.2) is 45.2 Å². The molecular formula is C16H18N4OS. The fourth-order valence-corrected chi connectivity index (χ4v) is 3.53. The van der Waals surface area contributed by atoms with Gasteiger partial charge in [-0.25, -0.2) is 9.50 Å². The largest absolute Gasteiger partial charge is 0.472 e. The van der Waals surface area contributed by atoms with Gasteiger partial charge in [-0.05, 0) is 30.5 Å². The number of likely N-dealkylation sites (N-methyl/N-ethyl adjacent to an activating group) is 1. The van der Waals surface area contributed by atoms with E-state index in [2.05, 4.69) is 38.7 Å². The second-order valence-corrected chi connectivity index (χ2v) is 6.30. The molecule has 4 rings (SSSR count). The van der Waals surface area contributed by atoms with Crippen LogP contribution in [0.5, 0.6) is 5.88 Å². The Balaban J connectivity index is 1.61. The molecule has 5 nitrogen and oxygen atoms in total. The van der Waals surface area contributed by atoms with Crippen LogP contribution in [0.4, 0.5) is 0 Å².